The zero-order valence-corrected chi connectivity index (χ0v) is 22.7. The molecule has 1 heterocycles. The van der Waals surface area contributed by atoms with Gasteiger partial charge in [-0.25, -0.2) is 0 Å². The Morgan fingerprint density at radius 1 is 0.641 bits per heavy atom. The number of aromatic hydroxyl groups is 1. The Morgan fingerprint density at radius 3 is 1.77 bits per heavy atom. The molecule has 4 heteroatoms. The van der Waals surface area contributed by atoms with E-state index in [9.17, 15) is 5.11 Å². The fourth-order valence-electron chi connectivity index (χ4n) is 5.79. The standard InChI is InChI=1S/C35H33N3O/c1-4-36-24-37(32-18-12-11-17-31(32)36)33-20-19-27(23-34(33)39)35-25(2)21-30(22-26(35)3)38(28-13-7-5-8-14-28)29-15-9-6-10-16-29/h5-23,39H,4,24H2,1-3H3. The van der Waals surface area contributed by atoms with Crippen molar-refractivity contribution in [1.29, 1.82) is 0 Å². The molecule has 0 atom stereocenters. The molecule has 0 saturated heterocycles. The van der Waals surface area contributed by atoms with E-state index < -0.39 is 0 Å². The van der Waals surface area contributed by atoms with Crippen LogP contribution in [0.25, 0.3) is 11.1 Å². The van der Waals surface area contributed by atoms with Crippen LogP contribution in [-0.4, -0.2) is 18.3 Å². The quantitative estimate of drug-likeness (QED) is 0.246. The molecule has 0 radical (unpaired) electrons. The molecule has 0 aliphatic carbocycles. The van der Waals surface area contributed by atoms with E-state index in [0.717, 1.165) is 63.9 Å². The van der Waals surface area contributed by atoms with Crippen LogP contribution in [0, 0.1) is 13.8 Å². The summed E-state index contributed by atoms with van der Waals surface area (Å²) in [4.78, 5) is 6.80. The Balaban J connectivity index is 1.38. The van der Waals surface area contributed by atoms with Crippen molar-refractivity contribution in [3.63, 3.8) is 0 Å². The summed E-state index contributed by atoms with van der Waals surface area (Å²) >= 11 is 0. The molecule has 1 N–H and O–H groups in total. The number of benzene rings is 5. The molecule has 0 unspecified atom stereocenters. The summed E-state index contributed by atoms with van der Waals surface area (Å²) in [5, 5.41) is 11.3. The lowest BCUT2D eigenvalue weighted by molar-refractivity contribution is 0.476. The fraction of sp³-hybridized carbons (Fsp3) is 0.143. The van der Waals surface area contributed by atoms with Crippen LogP contribution in [0.5, 0.6) is 5.75 Å². The van der Waals surface area contributed by atoms with Crippen LogP contribution in [0.3, 0.4) is 0 Å². The van der Waals surface area contributed by atoms with Crippen molar-refractivity contribution < 1.29 is 5.11 Å². The largest absolute Gasteiger partial charge is 0.506 e. The summed E-state index contributed by atoms with van der Waals surface area (Å²) in [6.07, 6.45) is 0. The number of para-hydroxylation sites is 4. The summed E-state index contributed by atoms with van der Waals surface area (Å²) in [7, 11) is 0. The number of phenolic OH excluding ortho intramolecular Hbond substituents is 1. The second kappa shape index (κ2) is 10.2. The van der Waals surface area contributed by atoms with Gasteiger partial charge in [-0.05, 0) is 104 Å². The summed E-state index contributed by atoms with van der Waals surface area (Å²) < 4.78 is 0. The first-order valence-corrected chi connectivity index (χ1v) is 13.5. The minimum absolute atomic E-state index is 0.290. The highest BCUT2D eigenvalue weighted by atomic mass is 16.3. The van der Waals surface area contributed by atoms with Gasteiger partial charge in [0.2, 0.25) is 0 Å². The second-order valence-electron chi connectivity index (χ2n) is 10.1. The van der Waals surface area contributed by atoms with Crippen molar-refractivity contribution in [2.75, 3.05) is 27.9 Å². The van der Waals surface area contributed by atoms with Crippen molar-refractivity contribution in [3.05, 3.63) is 126 Å². The Bertz CT molecular complexity index is 1550. The lowest BCUT2D eigenvalue weighted by atomic mass is 9.94. The van der Waals surface area contributed by atoms with Crippen LogP contribution in [0.15, 0.2) is 115 Å². The normalized spacial score (nSPS) is 12.5. The van der Waals surface area contributed by atoms with Crippen molar-refractivity contribution in [3.8, 4) is 16.9 Å². The first-order valence-electron chi connectivity index (χ1n) is 13.5. The number of fused-ring (bicyclic) bond motifs is 1. The van der Waals surface area contributed by atoms with Crippen LogP contribution in [-0.2, 0) is 0 Å². The number of hydrogen-bond acceptors (Lipinski definition) is 4. The number of hydrogen-bond donors (Lipinski definition) is 1. The average Bonchev–Trinajstić information content (AvgIpc) is 3.33. The maximum atomic E-state index is 11.3. The highest BCUT2D eigenvalue weighted by Gasteiger charge is 2.27. The first-order chi connectivity index (χ1) is 19.0. The minimum Gasteiger partial charge on any atom is -0.506 e. The zero-order valence-electron chi connectivity index (χ0n) is 22.7. The zero-order chi connectivity index (χ0) is 26.9. The summed E-state index contributed by atoms with van der Waals surface area (Å²) in [6, 6.07) is 39.9. The van der Waals surface area contributed by atoms with Gasteiger partial charge in [0.05, 0.1) is 23.7 Å². The van der Waals surface area contributed by atoms with Crippen molar-refractivity contribution >= 4 is 34.1 Å². The average molecular weight is 512 g/mol. The molecular formula is C35H33N3O. The van der Waals surface area contributed by atoms with Gasteiger partial charge in [0, 0.05) is 23.6 Å². The third-order valence-corrected chi connectivity index (χ3v) is 7.57. The smallest absolute Gasteiger partial charge is 0.139 e. The Labute approximate surface area is 231 Å². The van der Waals surface area contributed by atoms with E-state index in [2.05, 4.69) is 126 Å². The Kier molecular flexibility index (Phi) is 6.45. The van der Waals surface area contributed by atoms with Gasteiger partial charge in [0.1, 0.15) is 5.75 Å². The van der Waals surface area contributed by atoms with Gasteiger partial charge >= 0.3 is 0 Å². The lowest BCUT2D eigenvalue weighted by Crippen LogP contribution is -2.27. The van der Waals surface area contributed by atoms with Gasteiger partial charge in [-0.2, -0.15) is 0 Å². The molecule has 0 saturated carbocycles. The van der Waals surface area contributed by atoms with Crippen LogP contribution >= 0.6 is 0 Å². The van der Waals surface area contributed by atoms with Crippen molar-refractivity contribution in [2.24, 2.45) is 0 Å². The molecule has 0 amide bonds. The van der Waals surface area contributed by atoms with Gasteiger partial charge in [-0.1, -0.05) is 54.6 Å². The molecule has 1 aliphatic heterocycles. The molecule has 5 aromatic carbocycles. The molecule has 0 spiro atoms. The van der Waals surface area contributed by atoms with Crippen LogP contribution in [0.4, 0.5) is 34.1 Å². The van der Waals surface area contributed by atoms with Crippen LogP contribution < -0.4 is 14.7 Å². The van der Waals surface area contributed by atoms with E-state index in [1.807, 2.05) is 24.3 Å². The fourth-order valence-corrected chi connectivity index (χ4v) is 5.79. The number of phenols is 1. The summed E-state index contributed by atoms with van der Waals surface area (Å²) in [5.41, 5.74) is 11.0. The Hall–Kier alpha value is -4.70. The number of rotatable bonds is 6. The second-order valence-corrected chi connectivity index (χ2v) is 10.1. The molecule has 0 aromatic heterocycles. The molecule has 6 rings (SSSR count). The maximum absolute atomic E-state index is 11.3. The van der Waals surface area contributed by atoms with E-state index in [1.54, 1.807) is 0 Å². The predicted octanol–water partition coefficient (Wildman–Crippen LogP) is 9.08. The topological polar surface area (TPSA) is 30.0 Å². The van der Waals surface area contributed by atoms with E-state index in [0.29, 0.717) is 5.75 Å². The Morgan fingerprint density at radius 2 is 1.21 bits per heavy atom. The van der Waals surface area contributed by atoms with Gasteiger partial charge in [-0.15, -0.1) is 0 Å². The number of anilines is 6. The van der Waals surface area contributed by atoms with E-state index in [-0.39, 0.29) is 0 Å². The molecule has 0 fully saturated rings. The molecule has 39 heavy (non-hydrogen) atoms. The molecular weight excluding hydrogens is 478 g/mol. The van der Waals surface area contributed by atoms with Gasteiger partial charge in [0.25, 0.3) is 0 Å². The lowest BCUT2D eigenvalue weighted by Gasteiger charge is -2.27. The molecule has 5 aromatic rings. The van der Waals surface area contributed by atoms with Gasteiger partial charge in [0.15, 0.2) is 0 Å². The third kappa shape index (κ3) is 4.48. The number of aryl methyl sites for hydroxylation is 2. The monoisotopic (exact) mass is 511 g/mol. The van der Waals surface area contributed by atoms with E-state index >= 15 is 0 Å². The molecule has 1 aliphatic rings. The highest BCUT2D eigenvalue weighted by molar-refractivity contribution is 5.87. The summed E-state index contributed by atoms with van der Waals surface area (Å²) in [6.45, 7) is 8.11. The third-order valence-electron chi connectivity index (χ3n) is 7.57. The number of nitrogens with zero attached hydrogens (tertiary/aromatic N) is 3. The minimum atomic E-state index is 0.290. The first kappa shape index (κ1) is 24.6. The van der Waals surface area contributed by atoms with Crippen molar-refractivity contribution in [1.82, 2.24) is 0 Å². The van der Waals surface area contributed by atoms with Crippen LogP contribution in [0.1, 0.15) is 18.1 Å². The molecule has 194 valence electrons. The maximum Gasteiger partial charge on any atom is 0.139 e. The van der Waals surface area contributed by atoms with Crippen LogP contribution in [0.2, 0.25) is 0 Å². The summed E-state index contributed by atoms with van der Waals surface area (Å²) in [5.74, 6) is 0.290. The highest BCUT2D eigenvalue weighted by Crippen LogP contribution is 2.45. The van der Waals surface area contributed by atoms with E-state index in [4.69, 9.17) is 0 Å². The predicted molar refractivity (Wildman–Crippen MR) is 164 cm³/mol. The van der Waals surface area contributed by atoms with E-state index in [1.165, 1.54) is 5.69 Å². The van der Waals surface area contributed by atoms with Gasteiger partial charge in [-0.3, -0.25) is 0 Å². The molecule has 4 nitrogen and oxygen atoms in total. The van der Waals surface area contributed by atoms with Gasteiger partial charge < -0.3 is 19.8 Å². The molecule has 0 bridgehead atoms. The van der Waals surface area contributed by atoms with Crippen molar-refractivity contribution in [2.45, 2.75) is 20.8 Å². The SMILES string of the molecule is CCN1CN(c2ccc(-c3c(C)cc(N(c4ccccc4)c4ccccc4)cc3C)cc2O)c2ccccc21.